The molecule has 1 fully saturated rings. The first kappa shape index (κ1) is 18.9. The number of nitrogens with zero attached hydrogens (tertiary/aromatic N) is 2. The van der Waals surface area contributed by atoms with Crippen LogP contribution in [-0.4, -0.2) is 36.1 Å². The standard InChI is InChI=1S/C17H16FN3O5S/c18-12-3-9-15(10-4-12)27(25,26)20-11-1-2-16(20)17(22)19-13-5-7-14(8-6-13)21(23)24/h3-10,16H,1-2,11H2,(H,19,22). The topological polar surface area (TPSA) is 110 Å². The number of benzene rings is 2. The summed E-state index contributed by atoms with van der Waals surface area (Å²) in [7, 11) is -3.94. The van der Waals surface area contributed by atoms with Gasteiger partial charge in [-0.2, -0.15) is 4.31 Å². The number of rotatable bonds is 5. The van der Waals surface area contributed by atoms with E-state index >= 15 is 0 Å². The molecule has 0 bridgehead atoms. The van der Waals surface area contributed by atoms with Crippen LogP contribution >= 0.6 is 0 Å². The lowest BCUT2D eigenvalue weighted by atomic mass is 10.2. The Labute approximate surface area is 154 Å². The first-order chi connectivity index (χ1) is 12.8. The molecule has 1 heterocycles. The van der Waals surface area contributed by atoms with Crippen molar-refractivity contribution >= 4 is 27.3 Å². The van der Waals surface area contributed by atoms with Crippen molar-refractivity contribution in [3.8, 4) is 0 Å². The van der Waals surface area contributed by atoms with Crippen LogP contribution in [-0.2, 0) is 14.8 Å². The lowest BCUT2D eigenvalue weighted by Gasteiger charge is -2.23. The molecule has 0 aromatic heterocycles. The second kappa shape index (κ2) is 7.41. The predicted octanol–water partition coefficient (Wildman–Crippen LogP) is 2.53. The maximum Gasteiger partial charge on any atom is 0.269 e. The van der Waals surface area contributed by atoms with Crippen LogP contribution in [0.2, 0.25) is 0 Å². The maximum atomic E-state index is 13.1. The Balaban J connectivity index is 1.78. The van der Waals surface area contributed by atoms with Crippen molar-refractivity contribution in [2.45, 2.75) is 23.8 Å². The largest absolute Gasteiger partial charge is 0.325 e. The molecule has 2 aromatic carbocycles. The fourth-order valence-corrected chi connectivity index (χ4v) is 4.58. The van der Waals surface area contributed by atoms with Crippen molar-refractivity contribution in [2.24, 2.45) is 0 Å². The summed E-state index contributed by atoms with van der Waals surface area (Å²) in [6.45, 7) is 0.179. The summed E-state index contributed by atoms with van der Waals surface area (Å²) in [5.74, 6) is -1.07. The van der Waals surface area contributed by atoms with E-state index in [0.717, 1.165) is 28.6 Å². The van der Waals surface area contributed by atoms with Gasteiger partial charge in [0.2, 0.25) is 15.9 Å². The van der Waals surface area contributed by atoms with E-state index < -0.39 is 32.7 Å². The Morgan fingerprint density at radius 2 is 1.78 bits per heavy atom. The van der Waals surface area contributed by atoms with Crippen LogP contribution in [0.3, 0.4) is 0 Å². The van der Waals surface area contributed by atoms with Crippen molar-refractivity contribution < 1.29 is 22.5 Å². The number of non-ortho nitro benzene ring substituents is 1. The Hall–Kier alpha value is -2.85. The maximum absolute atomic E-state index is 13.1. The lowest BCUT2D eigenvalue weighted by molar-refractivity contribution is -0.384. The van der Waals surface area contributed by atoms with Gasteiger partial charge in [0.1, 0.15) is 11.9 Å². The summed E-state index contributed by atoms with van der Waals surface area (Å²) in [4.78, 5) is 22.6. The summed E-state index contributed by atoms with van der Waals surface area (Å²) in [6, 6.07) is 8.77. The third-order valence-electron chi connectivity index (χ3n) is 4.27. The van der Waals surface area contributed by atoms with Gasteiger partial charge in [-0.25, -0.2) is 12.8 Å². The van der Waals surface area contributed by atoms with Gasteiger partial charge >= 0.3 is 0 Å². The number of nitro benzene ring substituents is 1. The molecule has 3 rings (SSSR count). The molecule has 0 aliphatic carbocycles. The molecule has 1 unspecified atom stereocenters. The molecule has 2 aromatic rings. The number of hydrogen-bond donors (Lipinski definition) is 1. The molecule has 1 saturated heterocycles. The van der Waals surface area contributed by atoms with Gasteiger partial charge in [-0.1, -0.05) is 0 Å². The highest BCUT2D eigenvalue weighted by atomic mass is 32.2. The Bertz CT molecular complexity index is 961. The second-order valence-corrected chi connectivity index (χ2v) is 7.91. The van der Waals surface area contributed by atoms with E-state index in [0.29, 0.717) is 18.5 Å². The zero-order valence-electron chi connectivity index (χ0n) is 14.0. The highest BCUT2D eigenvalue weighted by molar-refractivity contribution is 7.89. The van der Waals surface area contributed by atoms with E-state index in [1.165, 1.54) is 24.3 Å². The summed E-state index contributed by atoms with van der Waals surface area (Å²) in [6.07, 6.45) is 0.859. The Kier molecular flexibility index (Phi) is 5.19. The average molecular weight is 393 g/mol. The Morgan fingerprint density at radius 3 is 2.37 bits per heavy atom. The molecule has 0 saturated carbocycles. The normalized spacial score (nSPS) is 17.6. The van der Waals surface area contributed by atoms with E-state index in [1.807, 2.05) is 0 Å². The molecular formula is C17H16FN3O5S. The van der Waals surface area contributed by atoms with Gasteiger partial charge in [0.15, 0.2) is 0 Å². The lowest BCUT2D eigenvalue weighted by Crippen LogP contribution is -2.43. The molecule has 0 spiro atoms. The molecule has 1 atom stereocenters. The highest BCUT2D eigenvalue weighted by Gasteiger charge is 2.39. The van der Waals surface area contributed by atoms with Crippen LogP contribution in [0.5, 0.6) is 0 Å². The molecule has 1 aliphatic heterocycles. The van der Waals surface area contributed by atoms with E-state index in [-0.39, 0.29) is 17.1 Å². The van der Waals surface area contributed by atoms with Crippen molar-refractivity contribution in [2.75, 3.05) is 11.9 Å². The van der Waals surface area contributed by atoms with Gasteiger partial charge in [0.25, 0.3) is 5.69 Å². The van der Waals surface area contributed by atoms with Crippen molar-refractivity contribution in [1.82, 2.24) is 4.31 Å². The van der Waals surface area contributed by atoms with Crippen LogP contribution in [0.1, 0.15) is 12.8 Å². The van der Waals surface area contributed by atoms with Gasteiger partial charge in [0, 0.05) is 24.4 Å². The molecule has 142 valence electrons. The van der Waals surface area contributed by atoms with Crippen LogP contribution in [0.4, 0.5) is 15.8 Å². The predicted molar refractivity (Wildman–Crippen MR) is 95.0 cm³/mol. The monoisotopic (exact) mass is 393 g/mol. The van der Waals surface area contributed by atoms with Crippen molar-refractivity contribution in [3.05, 3.63) is 64.5 Å². The minimum absolute atomic E-state index is 0.0843. The molecular weight excluding hydrogens is 377 g/mol. The smallest absolute Gasteiger partial charge is 0.269 e. The van der Waals surface area contributed by atoms with Crippen LogP contribution in [0.25, 0.3) is 0 Å². The number of halogens is 1. The van der Waals surface area contributed by atoms with E-state index in [4.69, 9.17) is 0 Å². The summed E-state index contributed by atoms with van der Waals surface area (Å²) in [5.41, 5.74) is 0.214. The minimum atomic E-state index is -3.94. The molecule has 8 nitrogen and oxygen atoms in total. The first-order valence-electron chi connectivity index (χ1n) is 8.12. The van der Waals surface area contributed by atoms with Crippen molar-refractivity contribution in [1.29, 1.82) is 0 Å². The molecule has 1 N–H and O–H groups in total. The number of sulfonamides is 1. The van der Waals surface area contributed by atoms with Gasteiger partial charge in [-0.3, -0.25) is 14.9 Å². The molecule has 1 amide bonds. The number of anilines is 1. The highest BCUT2D eigenvalue weighted by Crippen LogP contribution is 2.27. The van der Waals surface area contributed by atoms with E-state index in [2.05, 4.69) is 5.32 Å². The van der Waals surface area contributed by atoms with Crippen LogP contribution < -0.4 is 5.32 Å². The SMILES string of the molecule is O=C(Nc1ccc([N+](=O)[O-])cc1)C1CCCN1S(=O)(=O)c1ccc(F)cc1. The fourth-order valence-electron chi connectivity index (χ4n) is 2.92. The first-order valence-corrected chi connectivity index (χ1v) is 9.56. The quantitative estimate of drug-likeness (QED) is 0.620. The van der Waals surface area contributed by atoms with Crippen LogP contribution in [0.15, 0.2) is 53.4 Å². The van der Waals surface area contributed by atoms with Gasteiger partial charge in [0.05, 0.1) is 9.82 Å². The number of amides is 1. The molecule has 27 heavy (non-hydrogen) atoms. The number of nitro groups is 1. The van der Waals surface area contributed by atoms with Gasteiger partial charge in [-0.15, -0.1) is 0 Å². The average Bonchev–Trinajstić information content (AvgIpc) is 3.13. The number of carbonyl (C=O) groups is 1. The zero-order chi connectivity index (χ0) is 19.6. The van der Waals surface area contributed by atoms with E-state index in [1.54, 1.807) is 0 Å². The summed E-state index contributed by atoms with van der Waals surface area (Å²) < 4.78 is 39.7. The third-order valence-corrected chi connectivity index (χ3v) is 6.19. The molecule has 0 radical (unpaired) electrons. The van der Waals surface area contributed by atoms with Gasteiger partial charge < -0.3 is 5.32 Å². The van der Waals surface area contributed by atoms with Crippen LogP contribution in [0, 0.1) is 15.9 Å². The molecule has 1 aliphatic rings. The van der Waals surface area contributed by atoms with Gasteiger partial charge in [-0.05, 0) is 49.2 Å². The second-order valence-electron chi connectivity index (χ2n) is 6.02. The summed E-state index contributed by atoms with van der Waals surface area (Å²) in [5, 5.41) is 13.3. The minimum Gasteiger partial charge on any atom is -0.325 e. The fraction of sp³-hybridized carbons (Fsp3) is 0.235. The zero-order valence-corrected chi connectivity index (χ0v) is 14.9. The molecule has 10 heteroatoms. The number of carbonyl (C=O) groups excluding carboxylic acids is 1. The van der Waals surface area contributed by atoms with E-state index in [9.17, 15) is 27.7 Å². The Morgan fingerprint density at radius 1 is 1.15 bits per heavy atom. The summed E-state index contributed by atoms with van der Waals surface area (Å²) >= 11 is 0. The number of hydrogen-bond acceptors (Lipinski definition) is 5. The number of nitrogens with one attached hydrogen (secondary N) is 1. The third kappa shape index (κ3) is 3.96. The van der Waals surface area contributed by atoms with Crippen molar-refractivity contribution in [3.63, 3.8) is 0 Å².